The van der Waals surface area contributed by atoms with Gasteiger partial charge in [0.05, 0.1) is 26.2 Å². The second kappa shape index (κ2) is 8.41. The van der Waals surface area contributed by atoms with Crippen LogP contribution in [-0.2, 0) is 19.5 Å². The van der Waals surface area contributed by atoms with E-state index in [-0.39, 0.29) is 28.9 Å². The molecule has 9 heteroatoms. The van der Waals surface area contributed by atoms with Crippen LogP contribution in [0.2, 0.25) is 0 Å². The molecule has 0 aliphatic heterocycles. The molecule has 0 bridgehead atoms. The fourth-order valence-electron chi connectivity index (χ4n) is 4.15. The molecule has 4 rings (SSSR count). The number of ether oxygens (including phenoxy) is 2. The number of nitrogens with zero attached hydrogens (tertiary/aromatic N) is 3. The standard InChI is InChI=1S/C23H23N3O6/c1-4-25-21-20(14-6-5-7-16(27)15(14)11-24-21)22(29)26(23(25)30)12-17(28)13-8-9-18(31-2)19(10-13)32-3/h8-11H,4-7,12H2,1-3H3. The molecule has 0 unspecified atom stereocenters. The predicted octanol–water partition coefficient (Wildman–Crippen LogP) is 2.00. The second-order valence-corrected chi connectivity index (χ2v) is 7.54. The lowest BCUT2D eigenvalue weighted by molar-refractivity contribution is 0.0961. The van der Waals surface area contributed by atoms with Gasteiger partial charge in [0.2, 0.25) is 0 Å². The lowest BCUT2D eigenvalue weighted by Gasteiger charge is -2.19. The highest BCUT2D eigenvalue weighted by atomic mass is 16.5. The number of aryl methyl sites for hydroxylation is 2. The van der Waals surface area contributed by atoms with Crippen LogP contribution in [0.4, 0.5) is 0 Å². The van der Waals surface area contributed by atoms with Gasteiger partial charge in [-0.25, -0.2) is 9.78 Å². The molecule has 3 aromatic rings. The van der Waals surface area contributed by atoms with Gasteiger partial charge in [0.25, 0.3) is 5.56 Å². The van der Waals surface area contributed by atoms with Crippen LogP contribution in [0, 0.1) is 0 Å². The summed E-state index contributed by atoms with van der Waals surface area (Å²) < 4.78 is 12.7. The third kappa shape index (κ3) is 3.39. The fourth-order valence-corrected chi connectivity index (χ4v) is 4.15. The minimum Gasteiger partial charge on any atom is -0.493 e. The van der Waals surface area contributed by atoms with Crippen LogP contribution in [0.15, 0.2) is 34.0 Å². The Morgan fingerprint density at radius 1 is 1.06 bits per heavy atom. The number of methoxy groups -OCH3 is 2. The maximum absolute atomic E-state index is 13.4. The van der Waals surface area contributed by atoms with Crippen molar-refractivity contribution in [1.29, 1.82) is 0 Å². The van der Waals surface area contributed by atoms with E-state index in [9.17, 15) is 19.2 Å². The Morgan fingerprint density at radius 3 is 2.50 bits per heavy atom. The van der Waals surface area contributed by atoms with Gasteiger partial charge >= 0.3 is 5.69 Å². The van der Waals surface area contributed by atoms with E-state index in [2.05, 4.69) is 4.98 Å². The highest BCUT2D eigenvalue weighted by molar-refractivity contribution is 6.02. The lowest BCUT2D eigenvalue weighted by Crippen LogP contribution is -2.42. The zero-order chi connectivity index (χ0) is 23.0. The van der Waals surface area contributed by atoms with E-state index in [0.29, 0.717) is 41.9 Å². The molecule has 166 valence electrons. The summed E-state index contributed by atoms with van der Waals surface area (Å²) in [6.45, 7) is 1.58. The van der Waals surface area contributed by atoms with Crippen molar-refractivity contribution >= 4 is 22.6 Å². The summed E-state index contributed by atoms with van der Waals surface area (Å²) in [5.41, 5.74) is 0.313. The van der Waals surface area contributed by atoms with Crippen LogP contribution in [0.25, 0.3) is 11.0 Å². The number of benzene rings is 1. The van der Waals surface area contributed by atoms with Crippen molar-refractivity contribution in [1.82, 2.24) is 14.1 Å². The second-order valence-electron chi connectivity index (χ2n) is 7.54. The summed E-state index contributed by atoms with van der Waals surface area (Å²) in [5.74, 6) is 0.331. The largest absolute Gasteiger partial charge is 0.493 e. The molecule has 9 nitrogen and oxygen atoms in total. The lowest BCUT2D eigenvalue weighted by atomic mass is 9.90. The average molecular weight is 437 g/mol. The molecule has 2 aromatic heterocycles. The molecule has 0 amide bonds. The van der Waals surface area contributed by atoms with Gasteiger partial charge in [-0.3, -0.25) is 23.5 Å². The first kappa shape index (κ1) is 21.5. The molecule has 32 heavy (non-hydrogen) atoms. The third-order valence-electron chi connectivity index (χ3n) is 5.80. The number of Topliss-reactive ketones (excluding diaryl/α,β-unsaturated/α-hetero) is 2. The smallest absolute Gasteiger partial charge is 0.333 e. The van der Waals surface area contributed by atoms with Crippen molar-refractivity contribution in [2.75, 3.05) is 14.2 Å². The minimum absolute atomic E-state index is 0.0674. The van der Waals surface area contributed by atoms with E-state index < -0.39 is 23.6 Å². The molecular formula is C23H23N3O6. The van der Waals surface area contributed by atoms with Gasteiger partial charge in [-0.1, -0.05) is 0 Å². The molecule has 0 saturated heterocycles. The number of aromatic nitrogens is 3. The highest BCUT2D eigenvalue weighted by Gasteiger charge is 2.25. The zero-order valence-electron chi connectivity index (χ0n) is 18.1. The van der Waals surface area contributed by atoms with Crippen LogP contribution in [0.1, 0.15) is 46.0 Å². The zero-order valence-corrected chi connectivity index (χ0v) is 18.1. The maximum Gasteiger partial charge on any atom is 0.333 e. The van der Waals surface area contributed by atoms with E-state index in [4.69, 9.17) is 9.47 Å². The first-order valence-corrected chi connectivity index (χ1v) is 10.3. The van der Waals surface area contributed by atoms with Crippen molar-refractivity contribution in [2.45, 2.75) is 39.3 Å². The molecule has 0 fully saturated rings. The van der Waals surface area contributed by atoms with E-state index >= 15 is 0 Å². The number of ketones is 2. The van der Waals surface area contributed by atoms with Crippen LogP contribution in [0.5, 0.6) is 11.5 Å². The Bertz CT molecular complexity index is 1370. The molecule has 1 aliphatic rings. The number of rotatable bonds is 6. The summed E-state index contributed by atoms with van der Waals surface area (Å²) >= 11 is 0. The first-order chi connectivity index (χ1) is 15.4. The Kier molecular flexibility index (Phi) is 5.65. The number of carbonyl (C=O) groups is 2. The third-order valence-corrected chi connectivity index (χ3v) is 5.80. The van der Waals surface area contributed by atoms with Gasteiger partial charge in [0.1, 0.15) is 5.65 Å². The van der Waals surface area contributed by atoms with E-state index in [1.54, 1.807) is 19.1 Å². The topological polar surface area (TPSA) is 109 Å². The van der Waals surface area contributed by atoms with Gasteiger partial charge in [-0.05, 0) is 43.5 Å². The van der Waals surface area contributed by atoms with E-state index in [1.165, 1.54) is 31.0 Å². The quantitative estimate of drug-likeness (QED) is 0.543. The van der Waals surface area contributed by atoms with Crippen LogP contribution in [-0.4, -0.2) is 39.9 Å². The Hall–Kier alpha value is -3.75. The van der Waals surface area contributed by atoms with Gasteiger partial charge in [-0.15, -0.1) is 0 Å². The maximum atomic E-state index is 13.4. The Balaban J connectivity index is 1.88. The van der Waals surface area contributed by atoms with Gasteiger partial charge < -0.3 is 9.47 Å². The number of carbonyl (C=O) groups excluding carboxylic acids is 2. The average Bonchev–Trinajstić information content (AvgIpc) is 2.81. The molecule has 0 spiro atoms. The minimum atomic E-state index is -0.617. The van der Waals surface area contributed by atoms with Crippen molar-refractivity contribution in [3.8, 4) is 11.5 Å². The van der Waals surface area contributed by atoms with Crippen molar-refractivity contribution in [3.05, 3.63) is 61.9 Å². The molecular weight excluding hydrogens is 414 g/mol. The molecule has 0 N–H and O–H groups in total. The summed E-state index contributed by atoms with van der Waals surface area (Å²) in [4.78, 5) is 56.1. The van der Waals surface area contributed by atoms with Crippen LogP contribution < -0.4 is 20.7 Å². The van der Waals surface area contributed by atoms with E-state index in [0.717, 1.165) is 4.57 Å². The van der Waals surface area contributed by atoms with Gasteiger partial charge in [-0.2, -0.15) is 0 Å². The predicted molar refractivity (Wildman–Crippen MR) is 117 cm³/mol. The van der Waals surface area contributed by atoms with Crippen molar-refractivity contribution < 1.29 is 19.1 Å². The molecule has 1 aromatic carbocycles. The van der Waals surface area contributed by atoms with Crippen LogP contribution >= 0.6 is 0 Å². The number of hydrogen-bond donors (Lipinski definition) is 0. The normalized spacial score (nSPS) is 13.2. The molecule has 2 heterocycles. The Morgan fingerprint density at radius 2 is 1.81 bits per heavy atom. The SMILES string of the molecule is CCn1c(=O)n(CC(=O)c2ccc(OC)c(OC)c2)c(=O)c2c3c(cnc21)C(=O)CCC3. The number of fused-ring (bicyclic) bond motifs is 3. The van der Waals surface area contributed by atoms with Crippen molar-refractivity contribution in [2.24, 2.45) is 0 Å². The summed E-state index contributed by atoms with van der Waals surface area (Å²) in [6, 6.07) is 4.65. The number of pyridine rings is 1. The first-order valence-electron chi connectivity index (χ1n) is 10.3. The summed E-state index contributed by atoms with van der Waals surface area (Å²) in [5, 5.41) is 0.233. The van der Waals surface area contributed by atoms with Gasteiger partial charge in [0, 0.05) is 30.3 Å². The monoisotopic (exact) mass is 437 g/mol. The van der Waals surface area contributed by atoms with Gasteiger partial charge in [0.15, 0.2) is 23.1 Å². The number of hydrogen-bond acceptors (Lipinski definition) is 7. The van der Waals surface area contributed by atoms with E-state index in [1.807, 2.05) is 0 Å². The van der Waals surface area contributed by atoms with Crippen LogP contribution in [0.3, 0.4) is 0 Å². The fraction of sp³-hybridized carbons (Fsp3) is 0.348. The summed E-state index contributed by atoms with van der Waals surface area (Å²) in [7, 11) is 2.94. The molecule has 0 saturated carbocycles. The molecule has 0 atom stereocenters. The molecule has 1 aliphatic carbocycles. The Labute approximate surface area is 183 Å². The summed E-state index contributed by atoms with van der Waals surface area (Å²) in [6.07, 6.45) is 3.02. The molecule has 0 radical (unpaired) electrons. The highest BCUT2D eigenvalue weighted by Crippen LogP contribution is 2.28. The van der Waals surface area contributed by atoms with Crippen molar-refractivity contribution in [3.63, 3.8) is 0 Å².